The fourth-order valence-electron chi connectivity index (χ4n) is 4.06. The van der Waals surface area contributed by atoms with E-state index < -0.39 is 0 Å². The molecule has 0 atom stereocenters. The summed E-state index contributed by atoms with van der Waals surface area (Å²) in [6.45, 7) is 10.5. The van der Waals surface area contributed by atoms with Crippen molar-refractivity contribution < 1.29 is 4.39 Å². The van der Waals surface area contributed by atoms with E-state index in [-0.39, 0.29) is 5.82 Å². The van der Waals surface area contributed by atoms with Crippen molar-refractivity contribution in [2.45, 2.75) is 59.4 Å². The average molecular weight is 277 g/mol. The molecule has 1 N–H and O–H groups in total. The molecule has 0 spiro atoms. The predicted octanol–water partition coefficient (Wildman–Crippen LogP) is 4.56. The van der Waals surface area contributed by atoms with Gasteiger partial charge in [-0.2, -0.15) is 0 Å². The molecule has 1 fully saturated rings. The van der Waals surface area contributed by atoms with Gasteiger partial charge in [0.2, 0.25) is 0 Å². The zero-order valence-electron chi connectivity index (χ0n) is 13.3. The molecule has 20 heavy (non-hydrogen) atoms. The first-order valence-corrected chi connectivity index (χ1v) is 7.74. The van der Waals surface area contributed by atoms with E-state index in [1.54, 1.807) is 12.1 Å². The summed E-state index contributed by atoms with van der Waals surface area (Å²) in [5.74, 6) is -0.155. The zero-order chi connectivity index (χ0) is 14.8. The van der Waals surface area contributed by atoms with Crippen LogP contribution in [0.1, 0.15) is 52.5 Å². The van der Waals surface area contributed by atoms with Gasteiger partial charge in [0.15, 0.2) is 0 Å². The summed E-state index contributed by atoms with van der Waals surface area (Å²) < 4.78 is 12.9. The van der Waals surface area contributed by atoms with E-state index in [4.69, 9.17) is 0 Å². The maximum Gasteiger partial charge on any atom is 0.123 e. The standard InChI is InChI=1S/C18H28FN/c1-17(2)11-16(12-18(3,4)13-17)20-10-9-14-5-7-15(19)8-6-14/h5-8,16,20H,9-13H2,1-4H3. The van der Waals surface area contributed by atoms with Crippen LogP contribution < -0.4 is 5.32 Å². The van der Waals surface area contributed by atoms with Gasteiger partial charge in [0.05, 0.1) is 0 Å². The Morgan fingerprint density at radius 3 is 2.15 bits per heavy atom. The Morgan fingerprint density at radius 1 is 1.05 bits per heavy atom. The smallest absolute Gasteiger partial charge is 0.123 e. The number of hydrogen-bond donors (Lipinski definition) is 1. The molecule has 0 bridgehead atoms. The molecule has 0 saturated heterocycles. The molecule has 1 aliphatic carbocycles. The maximum atomic E-state index is 12.9. The lowest BCUT2D eigenvalue weighted by Crippen LogP contribution is -2.44. The van der Waals surface area contributed by atoms with Crippen molar-refractivity contribution in [3.05, 3.63) is 35.6 Å². The normalized spacial score (nSPS) is 21.9. The largest absolute Gasteiger partial charge is 0.314 e. The maximum absolute atomic E-state index is 12.9. The van der Waals surface area contributed by atoms with E-state index in [0.717, 1.165) is 13.0 Å². The first-order chi connectivity index (χ1) is 9.26. The van der Waals surface area contributed by atoms with Crippen molar-refractivity contribution >= 4 is 0 Å². The van der Waals surface area contributed by atoms with E-state index in [1.807, 2.05) is 12.1 Å². The highest BCUT2D eigenvalue weighted by Crippen LogP contribution is 2.45. The van der Waals surface area contributed by atoms with E-state index >= 15 is 0 Å². The highest BCUT2D eigenvalue weighted by molar-refractivity contribution is 5.16. The van der Waals surface area contributed by atoms with Gasteiger partial charge in [-0.1, -0.05) is 39.8 Å². The van der Waals surface area contributed by atoms with Gasteiger partial charge in [-0.3, -0.25) is 0 Å². The van der Waals surface area contributed by atoms with Crippen LogP contribution in [0, 0.1) is 16.6 Å². The molecular weight excluding hydrogens is 249 g/mol. The minimum atomic E-state index is -0.155. The minimum Gasteiger partial charge on any atom is -0.314 e. The average Bonchev–Trinajstić information content (AvgIpc) is 2.27. The molecule has 1 saturated carbocycles. The van der Waals surface area contributed by atoms with Gasteiger partial charge >= 0.3 is 0 Å². The van der Waals surface area contributed by atoms with Gasteiger partial charge < -0.3 is 5.32 Å². The Bertz CT molecular complexity index is 417. The quantitative estimate of drug-likeness (QED) is 0.850. The highest BCUT2D eigenvalue weighted by atomic mass is 19.1. The molecule has 1 aromatic carbocycles. The molecule has 2 rings (SSSR count). The van der Waals surface area contributed by atoms with Gasteiger partial charge in [-0.05, 0) is 60.8 Å². The van der Waals surface area contributed by atoms with E-state index in [1.165, 1.54) is 24.8 Å². The summed E-state index contributed by atoms with van der Waals surface area (Å²) in [4.78, 5) is 0. The summed E-state index contributed by atoms with van der Waals surface area (Å²) in [5, 5.41) is 3.70. The fourth-order valence-corrected chi connectivity index (χ4v) is 4.06. The first kappa shape index (κ1) is 15.5. The topological polar surface area (TPSA) is 12.0 Å². The molecule has 0 aromatic heterocycles. The lowest BCUT2D eigenvalue weighted by Gasteiger charge is -2.45. The van der Waals surface area contributed by atoms with Gasteiger partial charge in [0, 0.05) is 6.04 Å². The molecule has 112 valence electrons. The molecule has 0 amide bonds. The Hall–Kier alpha value is -0.890. The van der Waals surface area contributed by atoms with E-state index in [2.05, 4.69) is 33.0 Å². The van der Waals surface area contributed by atoms with Crippen LogP contribution in [0.25, 0.3) is 0 Å². The third kappa shape index (κ3) is 4.59. The summed E-state index contributed by atoms with van der Waals surface area (Å²) in [6, 6.07) is 7.45. The molecule has 0 heterocycles. The van der Waals surface area contributed by atoms with Crippen molar-refractivity contribution in [3.8, 4) is 0 Å². The van der Waals surface area contributed by atoms with Crippen LogP contribution in [0.15, 0.2) is 24.3 Å². The molecule has 1 aromatic rings. The van der Waals surface area contributed by atoms with Crippen molar-refractivity contribution in [2.24, 2.45) is 10.8 Å². The Kier molecular flexibility index (Phi) is 4.53. The first-order valence-electron chi connectivity index (χ1n) is 7.74. The second-order valence-corrected chi connectivity index (χ2v) is 7.94. The van der Waals surface area contributed by atoms with Crippen LogP contribution in [-0.2, 0) is 6.42 Å². The molecule has 0 unspecified atom stereocenters. The second-order valence-electron chi connectivity index (χ2n) is 7.94. The third-order valence-electron chi connectivity index (χ3n) is 4.32. The predicted molar refractivity (Wildman–Crippen MR) is 83.3 cm³/mol. The lowest BCUT2D eigenvalue weighted by atomic mass is 9.63. The minimum absolute atomic E-state index is 0.155. The van der Waals surface area contributed by atoms with Crippen LogP contribution in [0.4, 0.5) is 4.39 Å². The number of benzene rings is 1. The molecule has 0 radical (unpaired) electrons. The van der Waals surface area contributed by atoms with Crippen LogP contribution in [0.3, 0.4) is 0 Å². The monoisotopic (exact) mass is 277 g/mol. The van der Waals surface area contributed by atoms with Gasteiger partial charge in [0.1, 0.15) is 5.82 Å². The molecular formula is C18H28FN. The van der Waals surface area contributed by atoms with Gasteiger partial charge in [0.25, 0.3) is 0 Å². The summed E-state index contributed by atoms with van der Waals surface area (Å²) in [6.07, 6.45) is 4.77. The number of hydrogen-bond acceptors (Lipinski definition) is 1. The van der Waals surface area contributed by atoms with Crippen LogP contribution in [0.5, 0.6) is 0 Å². The summed E-state index contributed by atoms with van der Waals surface area (Å²) in [5.41, 5.74) is 2.05. The second kappa shape index (κ2) is 5.85. The molecule has 2 heteroatoms. The Balaban J connectivity index is 1.83. The molecule has 1 aliphatic rings. The third-order valence-corrected chi connectivity index (χ3v) is 4.32. The Morgan fingerprint density at radius 2 is 1.60 bits per heavy atom. The molecule has 0 aliphatic heterocycles. The summed E-state index contributed by atoms with van der Waals surface area (Å²) >= 11 is 0. The number of nitrogens with one attached hydrogen (secondary N) is 1. The van der Waals surface area contributed by atoms with E-state index in [9.17, 15) is 4.39 Å². The number of halogens is 1. The van der Waals surface area contributed by atoms with Gasteiger partial charge in [-0.15, -0.1) is 0 Å². The summed E-state index contributed by atoms with van der Waals surface area (Å²) in [7, 11) is 0. The Labute approximate surface area is 123 Å². The van der Waals surface area contributed by atoms with Crippen molar-refractivity contribution in [1.29, 1.82) is 0 Å². The van der Waals surface area contributed by atoms with Crippen LogP contribution in [0.2, 0.25) is 0 Å². The molecule has 1 nitrogen and oxygen atoms in total. The van der Waals surface area contributed by atoms with Crippen LogP contribution >= 0.6 is 0 Å². The fraction of sp³-hybridized carbons (Fsp3) is 0.667. The van der Waals surface area contributed by atoms with E-state index in [0.29, 0.717) is 16.9 Å². The number of rotatable bonds is 4. The van der Waals surface area contributed by atoms with Crippen molar-refractivity contribution in [1.82, 2.24) is 5.32 Å². The zero-order valence-corrected chi connectivity index (χ0v) is 13.3. The van der Waals surface area contributed by atoms with Crippen molar-refractivity contribution in [3.63, 3.8) is 0 Å². The highest BCUT2D eigenvalue weighted by Gasteiger charge is 2.37. The SMILES string of the molecule is CC1(C)CC(NCCc2ccc(F)cc2)CC(C)(C)C1. The lowest BCUT2D eigenvalue weighted by molar-refractivity contribution is 0.0854. The van der Waals surface area contributed by atoms with Crippen LogP contribution in [-0.4, -0.2) is 12.6 Å². The van der Waals surface area contributed by atoms with Crippen molar-refractivity contribution in [2.75, 3.05) is 6.54 Å². The van der Waals surface area contributed by atoms with Gasteiger partial charge in [-0.25, -0.2) is 4.39 Å².